The second-order valence-electron chi connectivity index (χ2n) is 8.57. The van der Waals surface area contributed by atoms with Gasteiger partial charge in [0.15, 0.2) is 0 Å². The van der Waals surface area contributed by atoms with Gasteiger partial charge in [0.1, 0.15) is 0 Å². The van der Waals surface area contributed by atoms with E-state index in [1.807, 2.05) is 0 Å². The first-order chi connectivity index (χ1) is 10.1. The van der Waals surface area contributed by atoms with E-state index < -0.39 is 0 Å². The fraction of sp³-hybridized carbons (Fsp3) is 0.714. The van der Waals surface area contributed by atoms with E-state index in [-0.39, 0.29) is 0 Å². The summed E-state index contributed by atoms with van der Waals surface area (Å²) in [6.45, 7) is 4.81. The Balaban J connectivity index is 1.27. The van der Waals surface area contributed by atoms with Gasteiger partial charge < -0.3 is 0 Å². The molecule has 2 bridgehead atoms. The van der Waals surface area contributed by atoms with Crippen LogP contribution in [0, 0.1) is 17.3 Å². The van der Waals surface area contributed by atoms with Gasteiger partial charge in [-0.15, -0.1) is 0 Å². The van der Waals surface area contributed by atoms with Crippen molar-refractivity contribution in [1.82, 2.24) is 0 Å². The van der Waals surface area contributed by atoms with Crippen molar-refractivity contribution >= 4 is 0 Å². The lowest BCUT2D eigenvalue weighted by atomic mass is 9.58. The Kier molecular flexibility index (Phi) is 3.39. The summed E-state index contributed by atoms with van der Waals surface area (Å²) >= 11 is 0. The number of hydrogen-bond donors (Lipinski definition) is 0. The molecule has 0 saturated heterocycles. The van der Waals surface area contributed by atoms with E-state index in [9.17, 15) is 0 Å². The molecule has 2 saturated carbocycles. The van der Waals surface area contributed by atoms with Crippen molar-refractivity contribution < 1.29 is 0 Å². The maximum atomic E-state index is 2.48. The maximum Gasteiger partial charge on any atom is 0.00614 e. The summed E-state index contributed by atoms with van der Waals surface area (Å²) in [5.41, 5.74) is 5.57. The van der Waals surface area contributed by atoms with Gasteiger partial charge in [-0.2, -0.15) is 0 Å². The minimum Gasteiger partial charge on any atom is -0.0622 e. The highest BCUT2D eigenvalue weighted by molar-refractivity contribution is 5.47. The smallest absolute Gasteiger partial charge is 0.00614 e. The molecule has 0 heteroatoms. The Labute approximate surface area is 130 Å². The molecule has 0 aliphatic heterocycles. The average molecular weight is 282 g/mol. The zero-order chi connectivity index (χ0) is 14.4. The van der Waals surface area contributed by atoms with Gasteiger partial charge in [0, 0.05) is 5.92 Å². The van der Waals surface area contributed by atoms with E-state index in [4.69, 9.17) is 0 Å². The van der Waals surface area contributed by atoms with Crippen LogP contribution in [0.2, 0.25) is 0 Å². The second kappa shape index (κ2) is 5.14. The Morgan fingerprint density at radius 3 is 2.24 bits per heavy atom. The van der Waals surface area contributed by atoms with E-state index in [0.29, 0.717) is 0 Å². The summed E-state index contributed by atoms with van der Waals surface area (Å²) in [5, 5.41) is 0. The van der Waals surface area contributed by atoms with E-state index in [0.717, 1.165) is 23.2 Å². The van der Waals surface area contributed by atoms with Crippen molar-refractivity contribution in [2.45, 2.75) is 77.6 Å². The van der Waals surface area contributed by atoms with Gasteiger partial charge in [-0.25, -0.2) is 0 Å². The van der Waals surface area contributed by atoms with Crippen LogP contribution in [0.3, 0.4) is 0 Å². The first kappa shape index (κ1) is 13.9. The average Bonchev–Trinajstić information content (AvgIpc) is 2.46. The largest absolute Gasteiger partial charge is 0.0622 e. The summed E-state index contributed by atoms with van der Waals surface area (Å²) in [5.74, 6) is 2.61. The van der Waals surface area contributed by atoms with Crippen molar-refractivity contribution in [3.8, 4) is 0 Å². The fourth-order valence-electron chi connectivity index (χ4n) is 5.22. The quantitative estimate of drug-likeness (QED) is 0.627. The molecule has 0 nitrogen and oxygen atoms in total. The van der Waals surface area contributed by atoms with Crippen LogP contribution < -0.4 is 0 Å². The summed E-state index contributed by atoms with van der Waals surface area (Å²) in [4.78, 5) is 0. The third-order valence-electron chi connectivity index (χ3n) is 6.94. The molecule has 1 aromatic carbocycles. The molecule has 1 aromatic rings. The van der Waals surface area contributed by atoms with E-state index in [2.05, 4.69) is 32.0 Å². The maximum absolute atomic E-state index is 2.48. The molecule has 0 aromatic heterocycles. The van der Waals surface area contributed by atoms with Crippen molar-refractivity contribution in [1.29, 1.82) is 0 Å². The highest BCUT2D eigenvalue weighted by atomic mass is 14.4. The zero-order valence-corrected chi connectivity index (χ0v) is 13.8. The fourth-order valence-corrected chi connectivity index (χ4v) is 5.22. The van der Waals surface area contributed by atoms with E-state index in [1.54, 1.807) is 42.4 Å². The van der Waals surface area contributed by atoms with Crippen LogP contribution in [0.25, 0.3) is 0 Å². The summed E-state index contributed by atoms with van der Waals surface area (Å²) in [7, 11) is 0. The lowest BCUT2D eigenvalue weighted by Gasteiger charge is -2.47. The normalized spacial score (nSPS) is 25.4. The highest BCUT2D eigenvalue weighted by Crippen LogP contribution is 2.53. The standard InChI is InChI=1S/C21H30/c1-15(11-18-12-19-14-20(13-18)16(19)2)10-17-4-8-21(9-5-17)6-3-7-21/h12-17H,3-11H2,1-2H3. The third-order valence-corrected chi connectivity index (χ3v) is 6.94. The third kappa shape index (κ3) is 2.56. The molecule has 1 atom stereocenters. The Morgan fingerprint density at radius 2 is 1.71 bits per heavy atom. The number of benzene rings is 1. The van der Waals surface area contributed by atoms with Crippen LogP contribution in [0.5, 0.6) is 0 Å². The molecule has 1 spiro atoms. The molecule has 4 aliphatic rings. The Morgan fingerprint density at radius 1 is 1.05 bits per heavy atom. The minimum atomic E-state index is 0.723. The summed E-state index contributed by atoms with van der Waals surface area (Å²) in [6, 6.07) is 7.27. The number of hydrogen-bond acceptors (Lipinski definition) is 0. The van der Waals surface area contributed by atoms with Crippen LogP contribution in [-0.4, -0.2) is 0 Å². The Bertz CT molecular complexity index is 491. The van der Waals surface area contributed by atoms with Crippen LogP contribution in [0.15, 0.2) is 18.2 Å². The van der Waals surface area contributed by atoms with Crippen LogP contribution in [-0.2, 0) is 6.42 Å². The minimum absolute atomic E-state index is 0.723. The SMILES string of the molecule is CC(Cc1cc2cc(c1)C2C)CC1CCC2(CCC2)CC1. The molecule has 2 fully saturated rings. The predicted molar refractivity (Wildman–Crippen MR) is 89.7 cm³/mol. The first-order valence-corrected chi connectivity index (χ1v) is 9.27. The van der Waals surface area contributed by atoms with Crippen molar-refractivity contribution in [2.75, 3.05) is 0 Å². The molecule has 1 unspecified atom stereocenters. The van der Waals surface area contributed by atoms with Crippen LogP contribution in [0.4, 0.5) is 0 Å². The van der Waals surface area contributed by atoms with Crippen molar-refractivity contribution in [3.05, 3.63) is 34.9 Å². The van der Waals surface area contributed by atoms with Crippen molar-refractivity contribution in [2.24, 2.45) is 17.3 Å². The monoisotopic (exact) mass is 282 g/mol. The van der Waals surface area contributed by atoms with E-state index in [1.165, 1.54) is 32.1 Å². The molecule has 5 rings (SSSR count). The van der Waals surface area contributed by atoms with Crippen LogP contribution >= 0.6 is 0 Å². The lowest BCUT2D eigenvalue weighted by molar-refractivity contribution is 0.0503. The van der Waals surface area contributed by atoms with E-state index >= 15 is 0 Å². The topological polar surface area (TPSA) is 0 Å². The summed E-state index contributed by atoms with van der Waals surface area (Å²) < 4.78 is 0. The van der Waals surface area contributed by atoms with Gasteiger partial charge in [0.2, 0.25) is 0 Å². The van der Waals surface area contributed by atoms with Gasteiger partial charge in [-0.1, -0.05) is 38.5 Å². The van der Waals surface area contributed by atoms with Gasteiger partial charge in [0.05, 0.1) is 0 Å². The molecule has 0 radical (unpaired) electrons. The second-order valence-corrected chi connectivity index (χ2v) is 8.57. The molecule has 114 valence electrons. The number of fused-ring (bicyclic) bond motifs is 2. The molecular formula is C21H30. The van der Waals surface area contributed by atoms with Crippen LogP contribution in [0.1, 0.15) is 87.8 Å². The van der Waals surface area contributed by atoms with Gasteiger partial charge in [-0.05, 0) is 85.3 Å². The molecule has 21 heavy (non-hydrogen) atoms. The molecule has 0 N–H and O–H groups in total. The lowest BCUT2D eigenvalue weighted by Crippen LogP contribution is -2.34. The van der Waals surface area contributed by atoms with Gasteiger partial charge in [-0.3, -0.25) is 0 Å². The highest BCUT2D eigenvalue weighted by Gasteiger charge is 2.39. The molecule has 0 heterocycles. The first-order valence-electron chi connectivity index (χ1n) is 9.27. The van der Waals surface area contributed by atoms with Gasteiger partial charge >= 0.3 is 0 Å². The Hall–Kier alpha value is -0.780. The summed E-state index contributed by atoms with van der Waals surface area (Å²) in [6.07, 6.45) is 13.5. The molecular weight excluding hydrogens is 252 g/mol. The molecule has 4 aliphatic carbocycles. The predicted octanol–water partition coefficient (Wildman–Crippen LogP) is 6.08. The zero-order valence-electron chi connectivity index (χ0n) is 13.8. The number of rotatable bonds is 4. The van der Waals surface area contributed by atoms with Crippen molar-refractivity contribution in [3.63, 3.8) is 0 Å². The molecule has 0 amide bonds. The van der Waals surface area contributed by atoms with Gasteiger partial charge in [0.25, 0.3) is 0 Å².